The summed E-state index contributed by atoms with van der Waals surface area (Å²) in [5.41, 5.74) is 1.43. The van der Waals surface area contributed by atoms with Crippen molar-refractivity contribution in [3.8, 4) is 5.88 Å². The van der Waals surface area contributed by atoms with Crippen LogP contribution in [0.25, 0.3) is 0 Å². The molecule has 0 aromatic carbocycles. The maximum Gasteiger partial charge on any atom is 0.389 e. The maximum atomic E-state index is 13.1. The Kier molecular flexibility index (Phi) is 7.03. The highest BCUT2D eigenvalue weighted by Crippen LogP contribution is 2.42. The number of carbonyl (C=O) groups is 2. The summed E-state index contributed by atoms with van der Waals surface area (Å²) in [6, 6.07) is -1.14. The summed E-state index contributed by atoms with van der Waals surface area (Å²) in [5, 5.41) is 20.4. The Balaban J connectivity index is 1.87. The third-order valence-corrected chi connectivity index (χ3v) is 7.22. The zero-order chi connectivity index (χ0) is 27.2. The number of alkyl halides is 3. The van der Waals surface area contributed by atoms with Crippen LogP contribution in [0.3, 0.4) is 0 Å². The Morgan fingerprint density at radius 3 is 2.22 bits per heavy atom. The number of nitrogens with two attached hydrogens (primary N) is 1. The summed E-state index contributed by atoms with van der Waals surface area (Å²) in [4.78, 5) is 52.0. The number of imide groups is 1. The molecule has 0 atom stereocenters. The highest BCUT2D eigenvalue weighted by molar-refractivity contribution is 6.06. The van der Waals surface area contributed by atoms with E-state index in [-0.39, 0.29) is 6.54 Å². The van der Waals surface area contributed by atoms with Gasteiger partial charge in [0, 0.05) is 25.6 Å². The molecule has 200 valence electrons. The molecule has 1 aromatic heterocycles. The van der Waals surface area contributed by atoms with Gasteiger partial charge in [-0.1, -0.05) is 6.92 Å². The van der Waals surface area contributed by atoms with Gasteiger partial charge in [-0.25, -0.2) is 9.59 Å². The molecule has 1 aliphatic carbocycles. The van der Waals surface area contributed by atoms with Gasteiger partial charge in [0.05, 0.1) is 0 Å². The van der Waals surface area contributed by atoms with Crippen molar-refractivity contribution in [1.29, 1.82) is 5.41 Å². The fraction of sp³-hybridized carbons (Fsp3) is 0.682. The predicted molar refractivity (Wildman–Crippen MR) is 123 cm³/mol. The van der Waals surface area contributed by atoms with Gasteiger partial charge in [-0.15, -0.1) is 0 Å². The maximum absolute atomic E-state index is 13.1. The summed E-state index contributed by atoms with van der Waals surface area (Å²) < 4.78 is 39.3. The van der Waals surface area contributed by atoms with Crippen LogP contribution in [0.4, 0.5) is 18.0 Å². The number of nitrogens with zero attached hydrogens (tertiary/aromatic N) is 3. The van der Waals surface area contributed by atoms with Crippen LogP contribution in [0.2, 0.25) is 0 Å². The Morgan fingerprint density at radius 1 is 1.17 bits per heavy atom. The molecular formula is C22H31F3N6O5. The molecule has 1 saturated heterocycles. The number of hydrogen-bond donors (Lipinski definition) is 4. The fourth-order valence-corrected chi connectivity index (χ4v) is 4.92. The van der Waals surface area contributed by atoms with Gasteiger partial charge in [0.25, 0.3) is 11.5 Å². The number of amides is 3. The smallest absolute Gasteiger partial charge is 0.389 e. The van der Waals surface area contributed by atoms with Crippen LogP contribution in [0, 0.1) is 10.8 Å². The number of hydrogen-bond acceptors (Lipinski definition) is 6. The molecule has 1 aromatic rings. The van der Waals surface area contributed by atoms with Crippen molar-refractivity contribution in [2.45, 2.75) is 83.6 Å². The number of carbonyl (C=O) groups excluding carboxylic acids is 2. The molecule has 14 heteroatoms. The van der Waals surface area contributed by atoms with E-state index in [2.05, 4.69) is 5.32 Å². The van der Waals surface area contributed by atoms with Gasteiger partial charge in [0.1, 0.15) is 16.9 Å². The number of halogens is 3. The van der Waals surface area contributed by atoms with E-state index in [1.165, 1.54) is 4.90 Å². The lowest BCUT2D eigenvalue weighted by Gasteiger charge is -2.42. The first-order valence-corrected chi connectivity index (χ1v) is 11.6. The molecule has 0 unspecified atom stereocenters. The molecule has 2 aliphatic rings. The second-order valence-electron chi connectivity index (χ2n) is 10.4. The monoisotopic (exact) mass is 516 g/mol. The largest absolute Gasteiger partial charge is 0.494 e. The van der Waals surface area contributed by atoms with Crippen LogP contribution in [0.15, 0.2) is 9.59 Å². The molecule has 11 nitrogen and oxygen atoms in total. The normalized spacial score (nSPS) is 24.2. The summed E-state index contributed by atoms with van der Waals surface area (Å²) >= 11 is 0. The first-order valence-electron chi connectivity index (χ1n) is 11.6. The lowest BCUT2D eigenvalue weighted by atomic mass is 9.73. The van der Waals surface area contributed by atoms with Gasteiger partial charge in [0.15, 0.2) is 0 Å². The molecular weight excluding hydrogens is 485 g/mol. The van der Waals surface area contributed by atoms with Crippen molar-refractivity contribution in [2.24, 2.45) is 11.1 Å². The number of nitrogen functional groups attached to an aromatic ring is 1. The van der Waals surface area contributed by atoms with Crippen LogP contribution in [-0.4, -0.2) is 55.2 Å². The highest BCUT2D eigenvalue weighted by atomic mass is 19.4. The second kappa shape index (κ2) is 9.28. The average Bonchev–Trinajstić information content (AvgIpc) is 2.92. The number of aromatic hydroxyl groups is 1. The lowest BCUT2D eigenvalue weighted by molar-refractivity contribution is -0.136. The molecule has 36 heavy (non-hydrogen) atoms. The predicted octanol–water partition coefficient (Wildman–Crippen LogP) is 1.79. The van der Waals surface area contributed by atoms with E-state index in [4.69, 9.17) is 11.1 Å². The third-order valence-electron chi connectivity index (χ3n) is 7.22. The molecule has 2 fully saturated rings. The minimum Gasteiger partial charge on any atom is -0.494 e. The van der Waals surface area contributed by atoms with E-state index in [1.807, 2.05) is 6.92 Å². The Morgan fingerprint density at radius 2 is 1.75 bits per heavy atom. The van der Waals surface area contributed by atoms with Crippen molar-refractivity contribution in [3.05, 3.63) is 26.4 Å². The van der Waals surface area contributed by atoms with E-state index in [0.717, 1.165) is 4.57 Å². The minimum absolute atomic E-state index is 0.273. The van der Waals surface area contributed by atoms with Crippen LogP contribution < -0.4 is 22.3 Å². The van der Waals surface area contributed by atoms with E-state index < -0.39 is 83.0 Å². The second-order valence-corrected chi connectivity index (χ2v) is 10.4. The van der Waals surface area contributed by atoms with Crippen LogP contribution in [-0.2, 0) is 11.3 Å². The molecule has 0 bridgehead atoms. The zero-order valence-corrected chi connectivity index (χ0v) is 20.4. The van der Waals surface area contributed by atoms with Crippen molar-refractivity contribution in [1.82, 2.24) is 19.4 Å². The summed E-state index contributed by atoms with van der Waals surface area (Å²) in [6.07, 6.45) is -4.58. The minimum atomic E-state index is -4.46. The number of urea groups is 1. The molecule has 1 aliphatic heterocycles. The van der Waals surface area contributed by atoms with Crippen LogP contribution in [0.5, 0.6) is 5.88 Å². The number of rotatable bonds is 7. The standard InChI is InChI=1S/C22H31F3N6O5/c1-20(2)17(34)28-18(35)30(20)11-21(3)8-5-12(6-9-21)31-16(33)13(14(26)27)15(32)29(19(31)36)10-4-7-22(23,24)25/h12,32H,4-11H2,1-3H3,(H3,26,27)(H,28,34,35). The van der Waals surface area contributed by atoms with E-state index in [9.17, 15) is 37.5 Å². The van der Waals surface area contributed by atoms with Crippen LogP contribution in [0.1, 0.15) is 70.9 Å². The van der Waals surface area contributed by atoms with E-state index in [1.54, 1.807) is 13.8 Å². The number of aromatic nitrogens is 2. The van der Waals surface area contributed by atoms with Crippen molar-refractivity contribution in [2.75, 3.05) is 6.54 Å². The summed E-state index contributed by atoms with van der Waals surface area (Å²) in [7, 11) is 0. The van der Waals surface area contributed by atoms with Gasteiger partial charge >= 0.3 is 17.9 Å². The van der Waals surface area contributed by atoms with Gasteiger partial charge in [-0.2, -0.15) is 13.2 Å². The topological polar surface area (TPSA) is 164 Å². The molecule has 0 radical (unpaired) electrons. The molecule has 5 N–H and O–H groups in total. The quantitative estimate of drug-likeness (QED) is 0.245. The fourth-order valence-electron chi connectivity index (χ4n) is 4.92. The average molecular weight is 517 g/mol. The SMILES string of the molecule is CC1(CN2C(=O)NC(=O)C2(C)C)CCC(n2c(=O)c(C(=N)N)c(O)n(CCCC(F)(F)F)c2=O)CC1. The van der Waals surface area contributed by atoms with Crippen molar-refractivity contribution in [3.63, 3.8) is 0 Å². The first kappa shape index (κ1) is 27.3. The Hall–Kier alpha value is -3.32. The first-order chi connectivity index (χ1) is 16.5. The van der Waals surface area contributed by atoms with E-state index >= 15 is 0 Å². The van der Waals surface area contributed by atoms with Gasteiger partial charge in [0.2, 0.25) is 5.88 Å². The molecule has 2 heterocycles. The van der Waals surface area contributed by atoms with Crippen LogP contribution >= 0.6 is 0 Å². The summed E-state index contributed by atoms with van der Waals surface area (Å²) in [6.45, 7) is 4.98. The summed E-state index contributed by atoms with van der Waals surface area (Å²) in [5.74, 6) is -2.13. The number of nitrogens with one attached hydrogen (secondary N) is 2. The van der Waals surface area contributed by atoms with Crippen molar-refractivity contribution >= 4 is 17.8 Å². The van der Waals surface area contributed by atoms with Gasteiger partial charge < -0.3 is 15.7 Å². The highest BCUT2D eigenvalue weighted by Gasteiger charge is 2.48. The lowest BCUT2D eigenvalue weighted by Crippen LogP contribution is -2.50. The zero-order valence-electron chi connectivity index (χ0n) is 20.4. The van der Waals surface area contributed by atoms with Gasteiger partial charge in [-0.3, -0.25) is 29.4 Å². The van der Waals surface area contributed by atoms with Crippen molar-refractivity contribution < 1.29 is 27.9 Å². The van der Waals surface area contributed by atoms with E-state index in [0.29, 0.717) is 30.3 Å². The van der Waals surface area contributed by atoms with Gasteiger partial charge in [-0.05, 0) is 51.4 Å². The molecule has 0 spiro atoms. The Bertz CT molecular complexity index is 1190. The molecule has 3 rings (SSSR count). The molecule has 3 amide bonds. The number of amidine groups is 1. The molecule has 1 saturated carbocycles. The Labute approximate surface area is 204 Å². The third kappa shape index (κ3) is 5.12.